The van der Waals surface area contributed by atoms with Crippen LogP contribution in [-0.4, -0.2) is 44.0 Å². The Morgan fingerprint density at radius 1 is 1.33 bits per heavy atom. The second-order valence-electron chi connectivity index (χ2n) is 5.53. The van der Waals surface area contributed by atoms with Gasteiger partial charge in [-0.25, -0.2) is 0 Å². The van der Waals surface area contributed by atoms with Gasteiger partial charge in [0.1, 0.15) is 0 Å². The van der Waals surface area contributed by atoms with Gasteiger partial charge in [0.25, 0.3) is 0 Å². The lowest BCUT2D eigenvalue weighted by molar-refractivity contribution is -0.121. The Morgan fingerprint density at radius 2 is 2.11 bits per heavy atom. The van der Waals surface area contributed by atoms with Crippen LogP contribution in [0, 0.1) is 5.92 Å². The molecule has 1 rings (SSSR count). The lowest BCUT2D eigenvalue weighted by atomic mass is 9.98. The summed E-state index contributed by atoms with van der Waals surface area (Å²) >= 11 is 0. The van der Waals surface area contributed by atoms with Crippen LogP contribution < -0.4 is 11.1 Å². The zero-order chi connectivity index (χ0) is 13.2. The van der Waals surface area contributed by atoms with Crippen LogP contribution in [0.4, 0.5) is 0 Å². The van der Waals surface area contributed by atoms with Gasteiger partial charge in [0.2, 0.25) is 5.91 Å². The first kappa shape index (κ1) is 15.4. The van der Waals surface area contributed by atoms with E-state index in [1.807, 2.05) is 0 Å². The van der Waals surface area contributed by atoms with Gasteiger partial charge >= 0.3 is 0 Å². The fourth-order valence-corrected chi connectivity index (χ4v) is 2.57. The maximum Gasteiger partial charge on any atom is 0.220 e. The number of carbonyl (C=O) groups is 1. The standard InChI is InChI=1S/C14H29N3O/c1-17-10-6-7-13(12-17)11-16-14(18)8-4-2-3-5-9-15/h13H,2-12,15H2,1H3,(H,16,18). The van der Waals surface area contributed by atoms with E-state index in [9.17, 15) is 4.79 Å². The van der Waals surface area contributed by atoms with E-state index in [4.69, 9.17) is 5.73 Å². The number of nitrogens with one attached hydrogen (secondary N) is 1. The molecule has 0 aromatic heterocycles. The highest BCUT2D eigenvalue weighted by atomic mass is 16.1. The molecule has 1 unspecified atom stereocenters. The highest BCUT2D eigenvalue weighted by molar-refractivity contribution is 5.75. The third-order valence-electron chi connectivity index (χ3n) is 3.67. The summed E-state index contributed by atoms with van der Waals surface area (Å²) in [6, 6.07) is 0. The van der Waals surface area contributed by atoms with Gasteiger partial charge in [0.05, 0.1) is 0 Å². The first-order chi connectivity index (χ1) is 8.72. The van der Waals surface area contributed by atoms with E-state index in [-0.39, 0.29) is 5.91 Å². The van der Waals surface area contributed by atoms with E-state index < -0.39 is 0 Å². The van der Waals surface area contributed by atoms with E-state index in [0.29, 0.717) is 12.3 Å². The molecule has 1 heterocycles. The summed E-state index contributed by atoms with van der Waals surface area (Å²) < 4.78 is 0. The van der Waals surface area contributed by atoms with Crippen LogP contribution >= 0.6 is 0 Å². The molecular weight excluding hydrogens is 226 g/mol. The number of rotatable bonds is 8. The molecule has 0 aromatic carbocycles. The summed E-state index contributed by atoms with van der Waals surface area (Å²) in [5.74, 6) is 0.862. The Bertz CT molecular complexity index is 233. The molecule has 0 aliphatic carbocycles. The smallest absolute Gasteiger partial charge is 0.220 e. The molecule has 0 spiro atoms. The SMILES string of the molecule is CN1CCCC(CNC(=O)CCCCCCN)C1. The highest BCUT2D eigenvalue weighted by Gasteiger charge is 2.17. The van der Waals surface area contributed by atoms with Crippen molar-refractivity contribution in [3.63, 3.8) is 0 Å². The Kier molecular flexibility index (Phi) is 8.01. The Labute approximate surface area is 111 Å². The molecule has 1 amide bonds. The predicted molar refractivity (Wildman–Crippen MR) is 75.4 cm³/mol. The van der Waals surface area contributed by atoms with Crippen LogP contribution in [-0.2, 0) is 4.79 Å². The number of unbranched alkanes of at least 4 members (excludes halogenated alkanes) is 3. The van der Waals surface area contributed by atoms with Gasteiger partial charge in [-0.15, -0.1) is 0 Å². The third-order valence-corrected chi connectivity index (χ3v) is 3.67. The second-order valence-corrected chi connectivity index (χ2v) is 5.53. The molecule has 3 N–H and O–H groups in total. The fourth-order valence-electron chi connectivity index (χ4n) is 2.57. The van der Waals surface area contributed by atoms with Crippen LogP contribution in [0.3, 0.4) is 0 Å². The monoisotopic (exact) mass is 255 g/mol. The van der Waals surface area contributed by atoms with Crippen LogP contribution in [0.15, 0.2) is 0 Å². The molecular formula is C14H29N3O. The summed E-state index contributed by atoms with van der Waals surface area (Å²) in [7, 11) is 2.16. The Morgan fingerprint density at radius 3 is 2.83 bits per heavy atom. The normalized spacial score (nSPS) is 20.9. The number of nitrogens with two attached hydrogens (primary N) is 1. The maximum atomic E-state index is 11.7. The number of hydrogen-bond donors (Lipinski definition) is 2. The van der Waals surface area contributed by atoms with E-state index >= 15 is 0 Å². The second kappa shape index (κ2) is 9.34. The zero-order valence-electron chi connectivity index (χ0n) is 11.8. The molecule has 0 saturated carbocycles. The third kappa shape index (κ3) is 6.97. The van der Waals surface area contributed by atoms with E-state index in [2.05, 4.69) is 17.3 Å². The summed E-state index contributed by atoms with van der Waals surface area (Å²) in [5, 5.41) is 3.07. The van der Waals surface area contributed by atoms with Crippen LogP contribution in [0.25, 0.3) is 0 Å². The predicted octanol–water partition coefficient (Wildman–Crippen LogP) is 1.35. The average molecular weight is 255 g/mol. The van der Waals surface area contributed by atoms with E-state index in [1.54, 1.807) is 0 Å². The van der Waals surface area contributed by atoms with Crippen molar-refractivity contribution < 1.29 is 4.79 Å². The molecule has 18 heavy (non-hydrogen) atoms. The first-order valence-corrected chi connectivity index (χ1v) is 7.37. The molecule has 0 bridgehead atoms. The van der Waals surface area contributed by atoms with Crippen molar-refractivity contribution in [2.45, 2.75) is 44.9 Å². The minimum absolute atomic E-state index is 0.218. The lowest BCUT2D eigenvalue weighted by Crippen LogP contribution is -2.39. The molecule has 0 radical (unpaired) electrons. The highest BCUT2D eigenvalue weighted by Crippen LogP contribution is 2.13. The Balaban J connectivity index is 1.99. The topological polar surface area (TPSA) is 58.4 Å². The van der Waals surface area contributed by atoms with Crippen molar-refractivity contribution >= 4 is 5.91 Å². The molecule has 1 fully saturated rings. The van der Waals surface area contributed by atoms with Crippen molar-refractivity contribution in [1.82, 2.24) is 10.2 Å². The van der Waals surface area contributed by atoms with E-state index in [0.717, 1.165) is 45.3 Å². The van der Waals surface area contributed by atoms with Gasteiger partial charge in [-0.3, -0.25) is 4.79 Å². The molecule has 1 atom stereocenters. The van der Waals surface area contributed by atoms with Crippen molar-refractivity contribution in [1.29, 1.82) is 0 Å². The summed E-state index contributed by atoms with van der Waals surface area (Å²) in [6.45, 7) is 3.94. The number of carbonyl (C=O) groups excluding carboxylic acids is 1. The summed E-state index contributed by atoms with van der Waals surface area (Å²) in [5.41, 5.74) is 5.43. The van der Waals surface area contributed by atoms with Gasteiger partial charge in [-0.2, -0.15) is 0 Å². The number of amides is 1. The minimum Gasteiger partial charge on any atom is -0.356 e. The molecule has 106 valence electrons. The van der Waals surface area contributed by atoms with Crippen LogP contribution in [0.1, 0.15) is 44.9 Å². The molecule has 4 heteroatoms. The lowest BCUT2D eigenvalue weighted by Gasteiger charge is -2.29. The summed E-state index contributed by atoms with van der Waals surface area (Å²) in [6.07, 6.45) is 7.53. The molecule has 0 aromatic rings. The minimum atomic E-state index is 0.218. The van der Waals surface area contributed by atoms with Crippen molar-refractivity contribution in [2.24, 2.45) is 11.7 Å². The van der Waals surface area contributed by atoms with Crippen molar-refractivity contribution in [3.05, 3.63) is 0 Å². The van der Waals surface area contributed by atoms with Crippen molar-refractivity contribution in [2.75, 3.05) is 33.2 Å². The number of likely N-dealkylation sites (tertiary alicyclic amines) is 1. The number of nitrogens with zero attached hydrogens (tertiary/aromatic N) is 1. The van der Waals surface area contributed by atoms with E-state index in [1.165, 1.54) is 19.4 Å². The largest absolute Gasteiger partial charge is 0.356 e. The average Bonchev–Trinajstić information content (AvgIpc) is 2.36. The number of piperidine rings is 1. The molecule has 4 nitrogen and oxygen atoms in total. The van der Waals surface area contributed by atoms with Crippen molar-refractivity contribution in [3.8, 4) is 0 Å². The fraction of sp³-hybridized carbons (Fsp3) is 0.929. The van der Waals surface area contributed by atoms with Gasteiger partial charge in [-0.1, -0.05) is 12.8 Å². The molecule has 1 aliphatic rings. The molecule has 1 aliphatic heterocycles. The quantitative estimate of drug-likeness (QED) is 0.644. The van der Waals surface area contributed by atoms with Gasteiger partial charge in [0.15, 0.2) is 0 Å². The molecule has 1 saturated heterocycles. The van der Waals surface area contributed by atoms with Gasteiger partial charge in [-0.05, 0) is 51.7 Å². The Hall–Kier alpha value is -0.610. The number of hydrogen-bond acceptors (Lipinski definition) is 3. The van der Waals surface area contributed by atoms with Gasteiger partial charge < -0.3 is 16.0 Å². The van der Waals surface area contributed by atoms with Crippen LogP contribution in [0.2, 0.25) is 0 Å². The van der Waals surface area contributed by atoms with Crippen LogP contribution in [0.5, 0.6) is 0 Å². The first-order valence-electron chi connectivity index (χ1n) is 7.37. The maximum absolute atomic E-state index is 11.7. The van der Waals surface area contributed by atoms with Gasteiger partial charge in [0, 0.05) is 19.5 Å². The summed E-state index contributed by atoms with van der Waals surface area (Å²) in [4.78, 5) is 14.0. The zero-order valence-corrected chi connectivity index (χ0v) is 11.8.